The van der Waals surface area contributed by atoms with Crippen LogP contribution in [0.15, 0.2) is 42.5 Å². The third-order valence-electron chi connectivity index (χ3n) is 4.24. The smallest absolute Gasteiger partial charge is 0.0388 e. The van der Waals surface area contributed by atoms with Gasteiger partial charge >= 0.3 is 0 Å². The summed E-state index contributed by atoms with van der Waals surface area (Å²) in [5.74, 6) is 0.709. The Labute approximate surface area is 115 Å². The molecule has 2 heteroatoms. The second-order valence-corrected chi connectivity index (χ2v) is 5.73. The van der Waals surface area contributed by atoms with Crippen molar-refractivity contribution in [2.24, 2.45) is 5.92 Å². The summed E-state index contributed by atoms with van der Waals surface area (Å²) in [4.78, 5) is 2.37. The van der Waals surface area contributed by atoms with Crippen molar-refractivity contribution in [3.05, 3.63) is 48.0 Å². The molecule has 3 rings (SSSR count). The van der Waals surface area contributed by atoms with Crippen molar-refractivity contribution in [2.75, 3.05) is 27.2 Å². The minimum Gasteiger partial charge on any atom is -0.316 e. The first-order valence-corrected chi connectivity index (χ1v) is 7.12. The Morgan fingerprint density at radius 3 is 2.63 bits per heavy atom. The number of fused-ring (bicyclic) bond motifs is 1. The lowest BCUT2D eigenvalue weighted by molar-refractivity contribution is 0.224. The summed E-state index contributed by atoms with van der Waals surface area (Å²) < 4.78 is 0. The predicted molar refractivity (Wildman–Crippen MR) is 81.4 cm³/mol. The van der Waals surface area contributed by atoms with Gasteiger partial charge in [-0.3, -0.25) is 0 Å². The lowest BCUT2D eigenvalue weighted by Gasteiger charge is -2.31. The van der Waals surface area contributed by atoms with E-state index < -0.39 is 0 Å². The number of benzene rings is 2. The largest absolute Gasteiger partial charge is 0.316 e. The average Bonchev–Trinajstić information content (AvgIpc) is 2.93. The van der Waals surface area contributed by atoms with Crippen LogP contribution in [0, 0.1) is 5.92 Å². The van der Waals surface area contributed by atoms with E-state index in [1.165, 1.54) is 22.8 Å². The van der Waals surface area contributed by atoms with E-state index in [2.05, 4.69) is 66.8 Å². The SMILES string of the molecule is CN(C)C(c1cccc2ccccc12)C1CCNC1. The lowest BCUT2D eigenvalue weighted by Crippen LogP contribution is -2.29. The average molecular weight is 254 g/mol. The van der Waals surface area contributed by atoms with Gasteiger partial charge in [0.1, 0.15) is 0 Å². The molecule has 2 nitrogen and oxygen atoms in total. The summed E-state index contributed by atoms with van der Waals surface area (Å²) in [6.07, 6.45) is 1.27. The minimum absolute atomic E-state index is 0.501. The molecule has 1 N–H and O–H groups in total. The van der Waals surface area contributed by atoms with E-state index in [1.807, 2.05) is 0 Å². The summed E-state index contributed by atoms with van der Waals surface area (Å²) in [5.41, 5.74) is 1.47. The third-order valence-corrected chi connectivity index (χ3v) is 4.24. The van der Waals surface area contributed by atoms with Gasteiger partial charge in [0.25, 0.3) is 0 Å². The van der Waals surface area contributed by atoms with Gasteiger partial charge in [0.05, 0.1) is 0 Å². The van der Waals surface area contributed by atoms with E-state index in [0.29, 0.717) is 12.0 Å². The van der Waals surface area contributed by atoms with Crippen molar-refractivity contribution >= 4 is 10.8 Å². The maximum atomic E-state index is 3.50. The van der Waals surface area contributed by atoms with Crippen molar-refractivity contribution in [1.29, 1.82) is 0 Å². The molecule has 0 aliphatic carbocycles. The number of hydrogen-bond donors (Lipinski definition) is 1. The van der Waals surface area contributed by atoms with Crippen molar-refractivity contribution in [2.45, 2.75) is 12.5 Å². The molecule has 2 aromatic carbocycles. The molecule has 0 bridgehead atoms. The third kappa shape index (κ3) is 2.38. The van der Waals surface area contributed by atoms with Crippen molar-refractivity contribution in [1.82, 2.24) is 10.2 Å². The van der Waals surface area contributed by atoms with Crippen molar-refractivity contribution in [3.63, 3.8) is 0 Å². The highest BCUT2D eigenvalue weighted by Crippen LogP contribution is 2.34. The molecule has 2 aromatic rings. The summed E-state index contributed by atoms with van der Waals surface area (Å²) >= 11 is 0. The maximum absolute atomic E-state index is 3.50. The Balaban J connectivity index is 2.09. The molecule has 2 unspecified atom stereocenters. The van der Waals surface area contributed by atoms with Gasteiger partial charge in [-0.2, -0.15) is 0 Å². The van der Waals surface area contributed by atoms with Crippen LogP contribution < -0.4 is 5.32 Å². The maximum Gasteiger partial charge on any atom is 0.0388 e. The van der Waals surface area contributed by atoms with Crippen LogP contribution in [0.1, 0.15) is 18.0 Å². The topological polar surface area (TPSA) is 15.3 Å². The molecule has 1 heterocycles. The lowest BCUT2D eigenvalue weighted by atomic mass is 9.88. The molecule has 1 saturated heterocycles. The molecule has 1 fully saturated rings. The molecular weight excluding hydrogens is 232 g/mol. The Kier molecular flexibility index (Phi) is 3.54. The highest BCUT2D eigenvalue weighted by Gasteiger charge is 2.28. The Morgan fingerprint density at radius 2 is 1.89 bits per heavy atom. The quantitative estimate of drug-likeness (QED) is 0.905. The van der Waals surface area contributed by atoms with Gasteiger partial charge in [0, 0.05) is 6.04 Å². The van der Waals surface area contributed by atoms with E-state index >= 15 is 0 Å². The van der Waals surface area contributed by atoms with Gasteiger partial charge < -0.3 is 10.2 Å². The number of nitrogens with zero attached hydrogens (tertiary/aromatic N) is 1. The molecule has 2 atom stereocenters. The predicted octanol–water partition coefficient (Wildman–Crippen LogP) is 3.05. The fraction of sp³-hybridized carbons (Fsp3) is 0.412. The zero-order valence-electron chi connectivity index (χ0n) is 11.8. The molecule has 1 aliphatic rings. The molecule has 0 spiro atoms. The molecule has 0 amide bonds. The van der Waals surface area contributed by atoms with Crippen LogP contribution in [0.3, 0.4) is 0 Å². The molecule has 1 aliphatic heterocycles. The summed E-state index contributed by atoms with van der Waals surface area (Å²) in [7, 11) is 4.40. The van der Waals surface area contributed by atoms with Crippen LogP contribution in [0.5, 0.6) is 0 Å². The van der Waals surface area contributed by atoms with Gasteiger partial charge in [-0.05, 0) is 55.9 Å². The van der Waals surface area contributed by atoms with E-state index in [4.69, 9.17) is 0 Å². The highest BCUT2D eigenvalue weighted by molar-refractivity contribution is 5.86. The second-order valence-electron chi connectivity index (χ2n) is 5.73. The Morgan fingerprint density at radius 1 is 1.11 bits per heavy atom. The van der Waals surface area contributed by atoms with E-state index in [9.17, 15) is 0 Å². The zero-order valence-corrected chi connectivity index (χ0v) is 11.8. The molecule has 0 aromatic heterocycles. The summed E-state index contributed by atoms with van der Waals surface area (Å²) in [5, 5.41) is 6.24. The summed E-state index contributed by atoms with van der Waals surface area (Å²) in [6.45, 7) is 2.28. The fourth-order valence-corrected chi connectivity index (χ4v) is 3.41. The van der Waals surface area contributed by atoms with E-state index in [-0.39, 0.29) is 0 Å². The van der Waals surface area contributed by atoms with E-state index in [1.54, 1.807) is 0 Å². The van der Waals surface area contributed by atoms with Gasteiger partial charge in [-0.15, -0.1) is 0 Å². The first kappa shape index (κ1) is 12.6. The molecular formula is C17H22N2. The highest BCUT2D eigenvalue weighted by atomic mass is 15.1. The standard InChI is InChI=1S/C17H22N2/c1-19(2)17(14-10-11-18-12-14)16-9-5-7-13-6-3-4-8-15(13)16/h3-9,14,17-18H,10-12H2,1-2H3. The van der Waals surface area contributed by atoms with Crippen LogP contribution in [-0.2, 0) is 0 Å². The molecule has 0 radical (unpaired) electrons. The molecule has 0 saturated carbocycles. The number of hydrogen-bond acceptors (Lipinski definition) is 2. The van der Waals surface area contributed by atoms with Gasteiger partial charge in [0.2, 0.25) is 0 Å². The number of rotatable bonds is 3. The van der Waals surface area contributed by atoms with Crippen LogP contribution in [0.25, 0.3) is 10.8 Å². The minimum atomic E-state index is 0.501. The normalized spacial score (nSPS) is 21.1. The molecule has 100 valence electrons. The van der Waals surface area contributed by atoms with Gasteiger partial charge in [-0.25, -0.2) is 0 Å². The Hall–Kier alpha value is -1.38. The first-order chi connectivity index (χ1) is 9.27. The van der Waals surface area contributed by atoms with Crippen molar-refractivity contribution in [3.8, 4) is 0 Å². The van der Waals surface area contributed by atoms with Crippen LogP contribution in [0.2, 0.25) is 0 Å². The Bertz CT molecular complexity index is 551. The van der Waals surface area contributed by atoms with Crippen molar-refractivity contribution < 1.29 is 0 Å². The summed E-state index contributed by atoms with van der Waals surface area (Å²) in [6, 6.07) is 15.9. The monoisotopic (exact) mass is 254 g/mol. The van der Waals surface area contributed by atoms with E-state index in [0.717, 1.165) is 13.1 Å². The fourth-order valence-electron chi connectivity index (χ4n) is 3.41. The molecule has 19 heavy (non-hydrogen) atoms. The van der Waals surface area contributed by atoms with Crippen LogP contribution in [0.4, 0.5) is 0 Å². The second kappa shape index (κ2) is 5.32. The van der Waals surface area contributed by atoms with Crippen LogP contribution in [-0.4, -0.2) is 32.1 Å². The van der Waals surface area contributed by atoms with Gasteiger partial charge in [-0.1, -0.05) is 42.5 Å². The van der Waals surface area contributed by atoms with Gasteiger partial charge in [0.15, 0.2) is 0 Å². The first-order valence-electron chi connectivity index (χ1n) is 7.12. The zero-order chi connectivity index (χ0) is 13.2. The number of nitrogens with one attached hydrogen (secondary N) is 1. The van der Waals surface area contributed by atoms with Crippen LogP contribution >= 0.6 is 0 Å².